The van der Waals surface area contributed by atoms with E-state index in [4.69, 9.17) is 5.11 Å². The maximum Gasteiger partial charge on any atom is 0.372 e. The van der Waals surface area contributed by atoms with Crippen molar-refractivity contribution >= 4 is 60.6 Å². The van der Waals surface area contributed by atoms with Crippen LogP contribution in [0.4, 0.5) is 0 Å². The molecule has 50 valence electrons. The number of carbonyl (C=O) groups excluding carboxylic acids is 1. The Balaban J connectivity index is -0.000000180. The predicted octanol–water partition coefficient (Wildman–Crippen LogP) is -1.16. The molecule has 0 amide bonds. The van der Waals surface area contributed by atoms with E-state index in [0.717, 1.165) is 0 Å². The summed E-state index contributed by atoms with van der Waals surface area (Å²) in [6.07, 6.45) is 0.0787. The van der Waals surface area contributed by atoms with Gasteiger partial charge in [-0.3, -0.25) is 4.79 Å². The van der Waals surface area contributed by atoms with E-state index in [2.05, 4.69) is 0 Å². The number of aliphatic carboxylic acids is 1. The Morgan fingerprint density at radius 3 is 1.78 bits per heavy atom. The van der Waals surface area contributed by atoms with Gasteiger partial charge in [0.1, 0.15) is 0 Å². The average molecular weight is 257 g/mol. The molecule has 0 spiro atoms. The molecule has 9 heavy (non-hydrogen) atoms. The molecule has 0 aromatic heterocycles. The molecule has 2 radical (unpaired) electrons. The summed E-state index contributed by atoms with van der Waals surface area (Å²) >= 11 is 0. The molecule has 0 saturated carbocycles. The first-order chi connectivity index (χ1) is 3.18. The number of rotatable bonds is 2. The van der Waals surface area contributed by atoms with E-state index in [9.17, 15) is 9.59 Å². The van der Waals surface area contributed by atoms with Crippen LogP contribution in [0.1, 0.15) is 13.3 Å². The quantitative estimate of drug-likeness (QED) is 0.500. The SMILES string of the molecule is CCC(=O)C(=O)O.O.[Ba]. The van der Waals surface area contributed by atoms with Gasteiger partial charge in [-0.25, -0.2) is 4.79 Å². The molecule has 0 aliphatic heterocycles. The number of hydrogen-bond acceptors (Lipinski definition) is 2. The molecule has 0 bridgehead atoms. The Morgan fingerprint density at radius 1 is 1.44 bits per heavy atom. The second-order valence-corrected chi connectivity index (χ2v) is 1.08. The number of carboxylic acids is 1. The molecule has 3 N–H and O–H groups in total. The second kappa shape index (κ2) is 8.67. The zero-order valence-electron chi connectivity index (χ0n) is 5.18. The fourth-order valence-corrected chi connectivity index (χ4v) is 0.151. The van der Waals surface area contributed by atoms with Crippen molar-refractivity contribution in [2.24, 2.45) is 0 Å². The van der Waals surface area contributed by atoms with Gasteiger partial charge in [-0.05, 0) is 0 Å². The normalized spacial score (nSPS) is 6.33. The number of hydrogen-bond donors (Lipinski definition) is 1. The Kier molecular flexibility index (Phi) is 15.7. The minimum atomic E-state index is -1.34. The monoisotopic (exact) mass is 258 g/mol. The van der Waals surface area contributed by atoms with E-state index in [1.165, 1.54) is 6.92 Å². The van der Waals surface area contributed by atoms with Gasteiger partial charge in [0.15, 0.2) is 0 Å². The topological polar surface area (TPSA) is 85.9 Å². The minimum absolute atomic E-state index is 0. The van der Waals surface area contributed by atoms with E-state index >= 15 is 0 Å². The van der Waals surface area contributed by atoms with Gasteiger partial charge >= 0.3 is 5.97 Å². The summed E-state index contributed by atoms with van der Waals surface area (Å²) in [4.78, 5) is 19.5. The standard InChI is InChI=1S/C4H6O3.Ba.H2O/c1-2-3(5)4(6)7;;/h2H2,1H3,(H,6,7);;1H2. The van der Waals surface area contributed by atoms with Crippen molar-refractivity contribution in [1.82, 2.24) is 0 Å². The van der Waals surface area contributed by atoms with Gasteiger partial charge in [-0.15, -0.1) is 0 Å². The van der Waals surface area contributed by atoms with Gasteiger partial charge in [0.05, 0.1) is 0 Å². The van der Waals surface area contributed by atoms with Crippen molar-refractivity contribution in [2.75, 3.05) is 0 Å². The van der Waals surface area contributed by atoms with Crippen LogP contribution >= 0.6 is 0 Å². The maximum atomic E-state index is 9.91. The zero-order valence-corrected chi connectivity index (χ0v) is 9.62. The first-order valence-corrected chi connectivity index (χ1v) is 1.94. The van der Waals surface area contributed by atoms with Crippen LogP contribution in [0.25, 0.3) is 0 Å². The van der Waals surface area contributed by atoms with Crippen LogP contribution in [0.15, 0.2) is 0 Å². The molecular formula is C4H8BaO4. The van der Waals surface area contributed by atoms with Gasteiger partial charge in [-0.1, -0.05) is 6.92 Å². The number of carbonyl (C=O) groups is 2. The van der Waals surface area contributed by atoms with Crippen molar-refractivity contribution in [3.8, 4) is 0 Å². The van der Waals surface area contributed by atoms with E-state index in [0.29, 0.717) is 0 Å². The van der Waals surface area contributed by atoms with Gasteiger partial charge in [0, 0.05) is 55.3 Å². The van der Waals surface area contributed by atoms with E-state index in [-0.39, 0.29) is 60.8 Å². The van der Waals surface area contributed by atoms with Crippen molar-refractivity contribution < 1.29 is 20.2 Å². The van der Waals surface area contributed by atoms with Gasteiger partial charge < -0.3 is 10.6 Å². The summed E-state index contributed by atoms with van der Waals surface area (Å²) in [5, 5.41) is 7.83. The molecule has 0 aromatic rings. The molecule has 0 atom stereocenters. The van der Waals surface area contributed by atoms with Crippen molar-refractivity contribution in [1.29, 1.82) is 0 Å². The van der Waals surface area contributed by atoms with Gasteiger partial charge in [0.25, 0.3) is 0 Å². The van der Waals surface area contributed by atoms with Crippen molar-refractivity contribution in [3.63, 3.8) is 0 Å². The van der Waals surface area contributed by atoms with Crippen LogP contribution in [0.2, 0.25) is 0 Å². The molecule has 0 heterocycles. The Bertz CT molecular complexity index is 101. The van der Waals surface area contributed by atoms with Crippen LogP contribution in [0.5, 0.6) is 0 Å². The maximum absolute atomic E-state index is 9.91. The molecular weight excluding hydrogens is 249 g/mol. The molecule has 5 heteroatoms. The van der Waals surface area contributed by atoms with Crippen LogP contribution in [0.3, 0.4) is 0 Å². The summed E-state index contributed by atoms with van der Waals surface area (Å²) < 4.78 is 0. The Hall–Kier alpha value is 0.671. The van der Waals surface area contributed by atoms with Gasteiger partial charge in [0.2, 0.25) is 5.78 Å². The minimum Gasteiger partial charge on any atom is -0.476 e. The van der Waals surface area contributed by atoms with Crippen LogP contribution in [0, 0.1) is 0 Å². The predicted molar refractivity (Wildman–Crippen MR) is 32.3 cm³/mol. The summed E-state index contributed by atoms with van der Waals surface area (Å²) in [5.41, 5.74) is 0. The fourth-order valence-electron chi connectivity index (χ4n) is 0.151. The molecule has 0 aromatic carbocycles. The average Bonchev–Trinajstić information content (AvgIpc) is 1.65. The molecule has 0 saturated heterocycles. The first kappa shape index (κ1) is 16.3. The molecule has 0 rings (SSSR count). The summed E-state index contributed by atoms with van der Waals surface area (Å²) in [7, 11) is 0. The van der Waals surface area contributed by atoms with E-state index in [1.54, 1.807) is 0 Å². The smallest absolute Gasteiger partial charge is 0.372 e. The van der Waals surface area contributed by atoms with E-state index in [1.807, 2.05) is 0 Å². The molecule has 0 unspecified atom stereocenters. The van der Waals surface area contributed by atoms with Crippen molar-refractivity contribution in [2.45, 2.75) is 13.3 Å². The molecule has 4 nitrogen and oxygen atoms in total. The fraction of sp³-hybridized carbons (Fsp3) is 0.500. The first-order valence-electron chi connectivity index (χ1n) is 1.94. The third-order valence-corrected chi connectivity index (χ3v) is 0.560. The third kappa shape index (κ3) is 8.67. The zero-order chi connectivity index (χ0) is 5.86. The van der Waals surface area contributed by atoms with Crippen LogP contribution in [-0.2, 0) is 9.59 Å². The molecule has 0 aliphatic rings. The Morgan fingerprint density at radius 2 is 1.78 bits per heavy atom. The largest absolute Gasteiger partial charge is 0.476 e. The van der Waals surface area contributed by atoms with Crippen molar-refractivity contribution in [3.05, 3.63) is 0 Å². The second-order valence-electron chi connectivity index (χ2n) is 1.08. The summed E-state index contributed by atoms with van der Waals surface area (Å²) in [5.74, 6) is -2.08. The van der Waals surface area contributed by atoms with Gasteiger partial charge in [-0.2, -0.15) is 0 Å². The van der Waals surface area contributed by atoms with Crippen LogP contribution < -0.4 is 0 Å². The molecule has 0 aliphatic carbocycles. The third-order valence-electron chi connectivity index (χ3n) is 0.560. The molecule has 0 fully saturated rings. The number of Topliss-reactive ketones (excluding diaryl/α,β-unsaturated/α-hetero) is 1. The Labute approximate surface area is 93.0 Å². The van der Waals surface area contributed by atoms with Crippen LogP contribution in [-0.4, -0.2) is 71.2 Å². The summed E-state index contributed by atoms with van der Waals surface area (Å²) in [6, 6.07) is 0. The number of carboxylic acid groups (broad SMARTS) is 1. The summed E-state index contributed by atoms with van der Waals surface area (Å²) in [6.45, 7) is 1.51. The number of ketones is 1. The van der Waals surface area contributed by atoms with E-state index < -0.39 is 11.8 Å².